The monoisotopic (exact) mass is 355 g/mol. The molecule has 5 nitrogen and oxygen atoms in total. The number of nitrogens with one attached hydrogen (secondary N) is 2. The van der Waals surface area contributed by atoms with Crippen LogP contribution in [0.1, 0.15) is 61.5 Å². The van der Waals surface area contributed by atoms with Crippen LogP contribution in [0.2, 0.25) is 0 Å². The molecule has 1 unspecified atom stereocenters. The van der Waals surface area contributed by atoms with Crippen LogP contribution in [-0.2, 0) is 9.59 Å². The molecule has 3 fully saturated rings. The van der Waals surface area contributed by atoms with E-state index in [4.69, 9.17) is 0 Å². The molecule has 26 heavy (non-hydrogen) atoms. The predicted molar refractivity (Wildman–Crippen MR) is 101 cm³/mol. The number of rotatable bonds is 3. The number of piperidine rings is 3. The van der Waals surface area contributed by atoms with E-state index >= 15 is 0 Å². The molecule has 2 amide bonds. The van der Waals surface area contributed by atoms with Gasteiger partial charge in [0.05, 0.1) is 5.92 Å². The highest BCUT2D eigenvalue weighted by Crippen LogP contribution is 2.32. The summed E-state index contributed by atoms with van der Waals surface area (Å²) in [5.41, 5.74) is 2.43. The van der Waals surface area contributed by atoms with E-state index in [0.717, 1.165) is 24.7 Å². The van der Waals surface area contributed by atoms with E-state index in [1.54, 1.807) is 0 Å². The fourth-order valence-electron chi connectivity index (χ4n) is 4.78. The van der Waals surface area contributed by atoms with Crippen LogP contribution in [0.25, 0.3) is 0 Å². The van der Waals surface area contributed by atoms with Crippen LogP contribution in [-0.4, -0.2) is 48.9 Å². The van der Waals surface area contributed by atoms with Crippen LogP contribution in [0.5, 0.6) is 0 Å². The molecule has 3 heterocycles. The lowest BCUT2D eigenvalue weighted by Crippen LogP contribution is -2.46. The molecule has 2 N–H and O–H groups in total. The van der Waals surface area contributed by atoms with E-state index < -0.39 is 0 Å². The number of nitrogens with zero attached hydrogens (tertiary/aromatic N) is 1. The van der Waals surface area contributed by atoms with Crippen LogP contribution in [0, 0.1) is 0 Å². The molecule has 4 rings (SSSR count). The summed E-state index contributed by atoms with van der Waals surface area (Å²) in [5.74, 6) is 0.153. The molecule has 0 saturated carbocycles. The lowest BCUT2D eigenvalue weighted by Gasteiger charge is -2.39. The Balaban J connectivity index is 1.34. The van der Waals surface area contributed by atoms with Crippen molar-refractivity contribution < 1.29 is 9.59 Å². The van der Waals surface area contributed by atoms with Gasteiger partial charge in [0, 0.05) is 12.5 Å². The number of carbonyl (C=O) groups is 2. The van der Waals surface area contributed by atoms with Crippen molar-refractivity contribution in [2.45, 2.75) is 56.4 Å². The van der Waals surface area contributed by atoms with E-state index in [1.807, 2.05) is 0 Å². The Morgan fingerprint density at radius 1 is 0.846 bits per heavy atom. The van der Waals surface area contributed by atoms with Gasteiger partial charge in [0.2, 0.25) is 11.8 Å². The van der Waals surface area contributed by atoms with Gasteiger partial charge in [-0.25, -0.2) is 0 Å². The summed E-state index contributed by atoms with van der Waals surface area (Å²) >= 11 is 0. The van der Waals surface area contributed by atoms with E-state index in [1.165, 1.54) is 44.3 Å². The largest absolute Gasteiger partial charge is 0.317 e. The lowest BCUT2D eigenvalue weighted by molar-refractivity contribution is -0.134. The minimum Gasteiger partial charge on any atom is -0.317 e. The quantitative estimate of drug-likeness (QED) is 0.816. The highest BCUT2D eigenvalue weighted by molar-refractivity contribution is 6.00. The highest BCUT2D eigenvalue weighted by Gasteiger charge is 2.29. The minimum absolute atomic E-state index is 0.149. The second kappa shape index (κ2) is 7.89. The third kappa shape index (κ3) is 3.84. The zero-order chi connectivity index (χ0) is 17.9. The van der Waals surface area contributed by atoms with Crippen LogP contribution in [0.15, 0.2) is 24.3 Å². The summed E-state index contributed by atoms with van der Waals surface area (Å²) in [4.78, 5) is 26.0. The topological polar surface area (TPSA) is 61.4 Å². The fourth-order valence-corrected chi connectivity index (χ4v) is 4.78. The molecule has 140 valence electrons. The van der Waals surface area contributed by atoms with Gasteiger partial charge in [-0.1, -0.05) is 24.3 Å². The van der Waals surface area contributed by atoms with Gasteiger partial charge in [0.1, 0.15) is 0 Å². The van der Waals surface area contributed by atoms with Crippen molar-refractivity contribution in [1.82, 2.24) is 15.5 Å². The first kappa shape index (κ1) is 17.7. The zero-order valence-electron chi connectivity index (χ0n) is 15.4. The Morgan fingerprint density at radius 3 is 2.15 bits per heavy atom. The van der Waals surface area contributed by atoms with E-state index in [9.17, 15) is 9.59 Å². The Morgan fingerprint density at radius 2 is 1.50 bits per heavy atom. The average molecular weight is 355 g/mol. The van der Waals surface area contributed by atoms with Gasteiger partial charge in [-0.2, -0.15) is 0 Å². The van der Waals surface area contributed by atoms with Gasteiger partial charge in [-0.15, -0.1) is 0 Å². The highest BCUT2D eigenvalue weighted by atomic mass is 16.2. The van der Waals surface area contributed by atoms with E-state index in [2.05, 4.69) is 39.8 Å². The second-order valence-corrected chi connectivity index (χ2v) is 7.96. The molecule has 0 radical (unpaired) electrons. The van der Waals surface area contributed by atoms with Crippen LogP contribution in [0.4, 0.5) is 0 Å². The average Bonchev–Trinajstić information content (AvgIpc) is 2.69. The molecule has 1 atom stereocenters. The van der Waals surface area contributed by atoms with Crippen molar-refractivity contribution in [2.24, 2.45) is 0 Å². The first-order valence-electron chi connectivity index (χ1n) is 10.1. The van der Waals surface area contributed by atoms with Crippen molar-refractivity contribution in [3.63, 3.8) is 0 Å². The molecule has 1 aromatic carbocycles. The normalized spacial score (nSPS) is 26.7. The smallest absolute Gasteiger partial charge is 0.234 e. The number of hydrogen-bond acceptors (Lipinski definition) is 4. The van der Waals surface area contributed by atoms with Crippen molar-refractivity contribution in [1.29, 1.82) is 0 Å². The summed E-state index contributed by atoms with van der Waals surface area (Å²) in [6.07, 6.45) is 6.08. The molecule has 3 aliphatic rings. The van der Waals surface area contributed by atoms with Crippen molar-refractivity contribution in [2.75, 3.05) is 26.2 Å². The maximum Gasteiger partial charge on any atom is 0.234 e. The molecule has 3 aliphatic heterocycles. The van der Waals surface area contributed by atoms with Crippen LogP contribution >= 0.6 is 0 Å². The maximum atomic E-state index is 12.0. The molecule has 3 saturated heterocycles. The van der Waals surface area contributed by atoms with E-state index in [-0.39, 0.29) is 17.7 Å². The SMILES string of the molecule is O=C1CCC(c2ccc(C3CCN(C4CCNCC4)CC3)cc2)C(=O)N1. The standard InChI is InChI=1S/C21H29N3O2/c25-20-6-5-19(21(26)23-20)17-3-1-15(2-4-17)16-9-13-24(14-10-16)18-7-11-22-12-8-18/h1-4,16,18-19,22H,5-14H2,(H,23,25,26). The van der Waals surface area contributed by atoms with Gasteiger partial charge < -0.3 is 10.2 Å². The van der Waals surface area contributed by atoms with Gasteiger partial charge >= 0.3 is 0 Å². The second-order valence-electron chi connectivity index (χ2n) is 7.96. The van der Waals surface area contributed by atoms with Crippen molar-refractivity contribution >= 4 is 11.8 Å². The Bertz CT molecular complexity index is 644. The number of benzene rings is 1. The fraction of sp³-hybridized carbons (Fsp3) is 0.619. The summed E-state index contributed by atoms with van der Waals surface area (Å²) in [6, 6.07) is 9.35. The molecule has 1 aromatic rings. The third-order valence-corrected chi connectivity index (χ3v) is 6.40. The Kier molecular flexibility index (Phi) is 5.36. The first-order valence-corrected chi connectivity index (χ1v) is 10.1. The third-order valence-electron chi connectivity index (χ3n) is 6.40. The van der Waals surface area contributed by atoms with Crippen molar-refractivity contribution in [3.05, 3.63) is 35.4 Å². The van der Waals surface area contributed by atoms with Crippen molar-refractivity contribution in [3.8, 4) is 0 Å². The van der Waals surface area contributed by atoms with Gasteiger partial charge in [-0.05, 0) is 75.3 Å². The molecular weight excluding hydrogens is 326 g/mol. The molecule has 0 aromatic heterocycles. The van der Waals surface area contributed by atoms with Gasteiger partial charge in [0.15, 0.2) is 0 Å². The van der Waals surface area contributed by atoms with Crippen LogP contribution in [0.3, 0.4) is 0 Å². The summed E-state index contributed by atoms with van der Waals surface area (Å²) in [7, 11) is 0. The summed E-state index contributed by atoms with van der Waals surface area (Å²) < 4.78 is 0. The van der Waals surface area contributed by atoms with Gasteiger partial charge in [0.25, 0.3) is 0 Å². The lowest BCUT2D eigenvalue weighted by atomic mass is 9.85. The van der Waals surface area contributed by atoms with Crippen LogP contribution < -0.4 is 10.6 Å². The minimum atomic E-state index is -0.177. The number of hydrogen-bond donors (Lipinski definition) is 2. The Hall–Kier alpha value is -1.72. The molecule has 0 aliphatic carbocycles. The number of amides is 2. The zero-order valence-corrected chi connectivity index (χ0v) is 15.4. The maximum absolute atomic E-state index is 12.0. The first-order chi connectivity index (χ1) is 12.7. The van der Waals surface area contributed by atoms with E-state index in [0.29, 0.717) is 18.8 Å². The predicted octanol–water partition coefficient (Wildman–Crippen LogP) is 2.14. The molecule has 0 spiro atoms. The number of imide groups is 1. The molecule has 5 heteroatoms. The molecular formula is C21H29N3O2. The van der Waals surface area contributed by atoms with Gasteiger partial charge in [-0.3, -0.25) is 14.9 Å². The summed E-state index contributed by atoms with van der Waals surface area (Å²) in [6.45, 7) is 4.72. The number of carbonyl (C=O) groups excluding carboxylic acids is 2. The number of likely N-dealkylation sites (tertiary alicyclic amines) is 1. The Labute approximate surface area is 155 Å². The molecule has 0 bridgehead atoms. The summed E-state index contributed by atoms with van der Waals surface area (Å²) in [5, 5.41) is 5.91.